The van der Waals surface area contributed by atoms with Crippen molar-refractivity contribution in [2.24, 2.45) is 0 Å². The van der Waals surface area contributed by atoms with E-state index in [0.29, 0.717) is 11.2 Å². The molecule has 4 aromatic rings. The van der Waals surface area contributed by atoms with Crippen LogP contribution < -0.4 is 20.5 Å². The molecule has 0 aromatic carbocycles. The number of carbonyl (C=O) groups excluding carboxylic acids is 1. The molecular formula is C24H25N7O3. The van der Waals surface area contributed by atoms with Gasteiger partial charge in [-0.2, -0.15) is 4.98 Å². The van der Waals surface area contributed by atoms with E-state index in [-0.39, 0.29) is 30.4 Å². The Labute approximate surface area is 196 Å². The Morgan fingerprint density at radius 3 is 2.88 bits per heavy atom. The molecule has 10 heteroatoms. The van der Waals surface area contributed by atoms with Crippen LogP contribution in [0.1, 0.15) is 41.6 Å². The number of nitrogens with one attached hydrogen (secondary N) is 1. The van der Waals surface area contributed by atoms with Gasteiger partial charge in [-0.15, -0.1) is 5.10 Å². The van der Waals surface area contributed by atoms with Crippen LogP contribution in [-0.2, 0) is 6.54 Å². The number of nitrogens with two attached hydrogens (primary N) is 1. The average molecular weight is 460 g/mol. The Morgan fingerprint density at radius 2 is 2.06 bits per heavy atom. The maximum atomic E-state index is 13.1. The summed E-state index contributed by atoms with van der Waals surface area (Å²) >= 11 is 0. The first-order chi connectivity index (χ1) is 16.6. The van der Waals surface area contributed by atoms with Crippen molar-refractivity contribution < 1.29 is 14.3 Å². The largest absolute Gasteiger partial charge is 0.490 e. The maximum Gasteiger partial charge on any atom is 0.257 e. The van der Waals surface area contributed by atoms with Gasteiger partial charge in [-0.1, -0.05) is 0 Å². The Hall–Kier alpha value is -4.21. The third-order valence-corrected chi connectivity index (χ3v) is 5.87. The van der Waals surface area contributed by atoms with Crippen LogP contribution >= 0.6 is 0 Å². The molecule has 0 aliphatic heterocycles. The molecule has 0 spiro atoms. The normalized spacial score (nSPS) is 13.8. The van der Waals surface area contributed by atoms with Gasteiger partial charge in [0.05, 0.1) is 13.2 Å². The minimum absolute atomic E-state index is 0.191. The van der Waals surface area contributed by atoms with E-state index in [1.807, 2.05) is 18.2 Å². The van der Waals surface area contributed by atoms with Crippen LogP contribution in [0.2, 0.25) is 0 Å². The first-order valence-electron chi connectivity index (χ1n) is 11.1. The number of fused-ring (bicyclic) bond motifs is 1. The van der Waals surface area contributed by atoms with Crippen molar-refractivity contribution in [1.82, 2.24) is 29.9 Å². The SMILES string of the molecule is COc1ncc(-c2ccn3nc(N)nc3c2)cc1C(=O)NCc1cnccc1OC1CCCC1. The number of carbonyl (C=O) groups is 1. The molecule has 4 aromatic heterocycles. The van der Waals surface area contributed by atoms with Crippen LogP contribution in [0.4, 0.5) is 5.95 Å². The molecule has 0 radical (unpaired) electrons. The van der Waals surface area contributed by atoms with Crippen LogP contribution in [0.25, 0.3) is 16.8 Å². The van der Waals surface area contributed by atoms with E-state index in [1.165, 1.54) is 20.0 Å². The second-order valence-corrected chi connectivity index (χ2v) is 8.16. The summed E-state index contributed by atoms with van der Waals surface area (Å²) in [5.74, 6) is 0.871. The standard InChI is InChI=1S/C24H25N7O3/c1-33-23-19(10-16(13-28-23)15-7-9-31-21(11-15)29-24(25)30-31)22(32)27-14-17-12-26-8-6-20(17)34-18-4-2-3-5-18/h6-13,18H,2-5,14H2,1H3,(H2,25,30)(H,27,32). The first kappa shape index (κ1) is 21.6. The fraction of sp³-hybridized carbons (Fsp3) is 0.292. The summed E-state index contributed by atoms with van der Waals surface area (Å²) < 4.78 is 13.1. The minimum Gasteiger partial charge on any atom is -0.490 e. The molecule has 3 N–H and O–H groups in total. The number of hydrogen-bond acceptors (Lipinski definition) is 8. The van der Waals surface area contributed by atoms with Gasteiger partial charge in [-0.3, -0.25) is 9.78 Å². The highest BCUT2D eigenvalue weighted by Crippen LogP contribution is 2.27. The molecule has 174 valence electrons. The number of nitrogens with zero attached hydrogens (tertiary/aromatic N) is 5. The number of anilines is 1. The highest BCUT2D eigenvalue weighted by atomic mass is 16.5. The van der Waals surface area contributed by atoms with Crippen LogP contribution in [0.5, 0.6) is 11.6 Å². The molecule has 0 atom stereocenters. The fourth-order valence-corrected chi connectivity index (χ4v) is 4.13. The number of ether oxygens (including phenoxy) is 2. The van der Waals surface area contributed by atoms with E-state index in [1.54, 1.807) is 35.4 Å². The molecule has 1 aliphatic rings. The molecule has 4 heterocycles. The van der Waals surface area contributed by atoms with Crippen molar-refractivity contribution in [2.45, 2.75) is 38.3 Å². The van der Waals surface area contributed by atoms with Gasteiger partial charge in [0, 0.05) is 42.5 Å². The van der Waals surface area contributed by atoms with Crippen LogP contribution in [-0.4, -0.2) is 43.7 Å². The number of amides is 1. The summed E-state index contributed by atoms with van der Waals surface area (Å²) in [5, 5.41) is 7.03. The van der Waals surface area contributed by atoms with Crippen LogP contribution in [0, 0.1) is 0 Å². The zero-order valence-electron chi connectivity index (χ0n) is 18.8. The van der Waals surface area contributed by atoms with Gasteiger partial charge in [0.2, 0.25) is 11.8 Å². The van der Waals surface area contributed by atoms with E-state index >= 15 is 0 Å². The molecule has 1 fully saturated rings. The summed E-state index contributed by atoms with van der Waals surface area (Å²) in [4.78, 5) is 25.8. The average Bonchev–Trinajstić information content (AvgIpc) is 3.50. The van der Waals surface area contributed by atoms with Gasteiger partial charge < -0.3 is 20.5 Å². The van der Waals surface area contributed by atoms with Gasteiger partial charge in [-0.05, 0) is 55.5 Å². The number of methoxy groups -OCH3 is 1. The van der Waals surface area contributed by atoms with Crippen molar-refractivity contribution in [3.05, 3.63) is 60.2 Å². The zero-order valence-corrected chi connectivity index (χ0v) is 18.8. The van der Waals surface area contributed by atoms with Crippen molar-refractivity contribution in [3.63, 3.8) is 0 Å². The van der Waals surface area contributed by atoms with Gasteiger partial charge in [0.25, 0.3) is 5.91 Å². The lowest BCUT2D eigenvalue weighted by Crippen LogP contribution is -2.24. The lowest BCUT2D eigenvalue weighted by atomic mass is 10.1. The number of hydrogen-bond donors (Lipinski definition) is 2. The topological polar surface area (TPSA) is 130 Å². The molecule has 0 bridgehead atoms. The van der Waals surface area contributed by atoms with E-state index in [9.17, 15) is 4.79 Å². The lowest BCUT2D eigenvalue weighted by molar-refractivity contribution is 0.0946. The number of rotatable bonds is 7. The molecule has 0 unspecified atom stereocenters. The van der Waals surface area contributed by atoms with Crippen molar-refractivity contribution in [2.75, 3.05) is 12.8 Å². The molecule has 10 nitrogen and oxygen atoms in total. The van der Waals surface area contributed by atoms with Gasteiger partial charge in [0.15, 0.2) is 5.65 Å². The summed E-state index contributed by atoms with van der Waals surface area (Å²) in [5.41, 5.74) is 8.98. The maximum absolute atomic E-state index is 13.1. The van der Waals surface area contributed by atoms with Crippen LogP contribution in [0.3, 0.4) is 0 Å². The Bertz CT molecular complexity index is 1330. The molecule has 0 saturated heterocycles. The van der Waals surface area contributed by atoms with Crippen molar-refractivity contribution >= 4 is 17.5 Å². The molecule has 34 heavy (non-hydrogen) atoms. The fourth-order valence-electron chi connectivity index (χ4n) is 4.13. The van der Waals surface area contributed by atoms with E-state index in [2.05, 4.69) is 25.4 Å². The van der Waals surface area contributed by atoms with Crippen LogP contribution in [0.15, 0.2) is 49.1 Å². The number of nitrogen functional groups attached to an aromatic ring is 1. The highest BCUT2D eigenvalue weighted by molar-refractivity contribution is 5.97. The van der Waals surface area contributed by atoms with E-state index in [4.69, 9.17) is 15.2 Å². The third-order valence-electron chi connectivity index (χ3n) is 5.87. The molecule has 1 amide bonds. The summed E-state index contributed by atoms with van der Waals surface area (Å²) in [6.45, 7) is 0.271. The Morgan fingerprint density at radius 1 is 1.21 bits per heavy atom. The lowest BCUT2D eigenvalue weighted by Gasteiger charge is -2.16. The molecule has 5 rings (SSSR count). The quantitative estimate of drug-likeness (QED) is 0.431. The summed E-state index contributed by atoms with van der Waals surface area (Å²) in [6, 6.07) is 7.27. The summed E-state index contributed by atoms with van der Waals surface area (Å²) in [7, 11) is 1.48. The number of pyridine rings is 3. The second kappa shape index (κ2) is 9.34. The second-order valence-electron chi connectivity index (χ2n) is 8.16. The third kappa shape index (κ3) is 4.47. The van der Waals surface area contributed by atoms with Crippen molar-refractivity contribution in [3.8, 4) is 22.8 Å². The number of aromatic nitrogens is 5. The zero-order chi connectivity index (χ0) is 23.5. The monoisotopic (exact) mass is 459 g/mol. The Balaban J connectivity index is 1.36. The highest BCUT2D eigenvalue weighted by Gasteiger charge is 2.19. The van der Waals surface area contributed by atoms with Gasteiger partial charge in [-0.25, -0.2) is 9.50 Å². The summed E-state index contributed by atoms with van der Waals surface area (Å²) in [6.07, 6.45) is 11.5. The van der Waals surface area contributed by atoms with E-state index < -0.39 is 0 Å². The smallest absolute Gasteiger partial charge is 0.257 e. The van der Waals surface area contributed by atoms with Gasteiger partial charge in [0.1, 0.15) is 11.3 Å². The first-order valence-corrected chi connectivity index (χ1v) is 11.1. The predicted molar refractivity (Wildman–Crippen MR) is 125 cm³/mol. The molecule has 1 saturated carbocycles. The van der Waals surface area contributed by atoms with Crippen molar-refractivity contribution in [1.29, 1.82) is 0 Å². The van der Waals surface area contributed by atoms with E-state index in [0.717, 1.165) is 35.3 Å². The molecule has 1 aliphatic carbocycles. The predicted octanol–water partition coefficient (Wildman–Crippen LogP) is 3.03. The van der Waals surface area contributed by atoms with Gasteiger partial charge >= 0.3 is 0 Å². The minimum atomic E-state index is -0.310. The Kier molecular flexibility index (Phi) is 5.94. The molecular weight excluding hydrogens is 434 g/mol.